The number of nitrogens with two attached hydrogens (primary N) is 1. The van der Waals surface area contributed by atoms with Gasteiger partial charge in [0.15, 0.2) is 11.5 Å². The summed E-state index contributed by atoms with van der Waals surface area (Å²) in [5.41, 5.74) is 4.49. The molecule has 0 aromatic heterocycles. The van der Waals surface area contributed by atoms with Crippen molar-refractivity contribution < 1.29 is 36.2 Å². The van der Waals surface area contributed by atoms with Gasteiger partial charge in [0.05, 0.1) is 7.11 Å². The molecule has 22 heavy (non-hydrogen) atoms. The maximum Gasteiger partial charge on any atom is 0.455 e. The second-order valence-electron chi connectivity index (χ2n) is 4.10. The lowest BCUT2D eigenvalue weighted by atomic mass is 10.0. The van der Waals surface area contributed by atoms with Crippen LogP contribution in [0.3, 0.4) is 0 Å². The number of hydrogen-bond donors (Lipinski definition) is 1. The highest BCUT2D eigenvalue weighted by Crippen LogP contribution is 2.44. The number of hydrogen-bond acceptors (Lipinski definition) is 4. The third-order valence-electron chi connectivity index (χ3n) is 2.57. The van der Waals surface area contributed by atoms with E-state index in [2.05, 4.69) is 0 Å². The SMILES string of the molecule is COc1cc([C@@H](N)C(F)(F)C(F)(F)F)ccc1OC(C)=O.Cl. The monoisotopic (exact) mass is 349 g/mol. The smallest absolute Gasteiger partial charge is 0.455 e. The fourth-order valence-corrected chi connectivity index (χ4v) is 1.50. The van der Waals surface area contributed by atoms with Gasteiger partial charge in [-0.3, -0.25) is 4.79 Å². The Balaban J connectivity index is 0.00000441. The lowest BCUT2D eigenvalue weighted by Crippen LogP contribution is -2.45. The van der Waals surface area contributed by atoms with Gasteiger partial charge < -0.3 is 15.2 Å². The van der Waals surface area contributed by atoms with Gasteiger partial charge in [-0.1, -0.05) is 6.07 Å². The van der Waals surface area contributed by atoms with Gasteiger partial charge in [0, 0.05) is 6.92 Å². The van der Waals surface area contributed by atoms with Crippen LogP contribution in [0.15, 0.2) is 18.2 Å². The summed E-state index contributed by atoms with van der Waals surface area (Å²) in [6, 6.07) is 0.188. The Hall–Kier alpha value is -1.61. The van der Waals surface area contributed by atoms with E-state index in [1.807, 2.05) is 0 Å². The molecule has 0 amide bonds. The first-order valence-electron chi connectivity index (χ1n) is 5.57. The minimum atomic E-state index is -5.78. The molecule has 0 bridgehead atoms. The highest BCUT2D eigenvalue weighted by atomic mass is 35.5. The van der Waals surface area contributed by atoms with Crippen molar-refractivity contribution in [1.29, 1.82) is 0 Å². The lowest BCUT2D eigenvalue weighted by molar-refractivity contribution is -0.291. The van der Waals surface area contributed by atoms with Gasteiger partial charge in [0.25, 0.3) is 0 Å². The van der Waals surface area contributed by atoms with Crippen molar-refractivity contribution in [2.24, 2.45) is 5.73 Å². The predicted molar refractivity (Wildman–Crippen MR) is 69.5 cm³/mol. The van der Waals surface area contributed by atoms with Crippen LogP contribution < -0.4 is 15.2 Å². The number of ether oxygens (including phenoxy) is 2. The zero-order valence-electron chi connectivity index (χ0n) is 11.4. The summed E-state index contributed by atoms with van der Waals surface area (Å²) in [7, 11) is 1.14. The number of halogens is 6. The first-order chi connectivity index (χ1) is 9.50. The standard InChI is InChI=1S/C12H12F5NO3.ClH/c1-6(19)21-8-4-3-7(5-9(8)20-2)10(18)11(13,14)12(15,16)17;/h3-5,10H,18H2,1-2H3;1H/t10-;/m1./s1. The first kappa shape index (κ1) is 20.4. The number of esters is 1. The Morgan fingerprint density at radius 1 is 1.18 bits per heavy atom. The van der Waals surface area contributed by atoms with Crippen LogP contribution >= 0.6 is 12.4 Å². The summed E-state index contributed by atoms with van der Waals surface area (Å²) in [4.78, 5) is 10.8. The molecule has 126 valence electrons. The van der Waals surface area contributed by atoms with Crippen LogP contribution in [0.25, 0.3) is 0 Å². The molecular formula is C12H13ClF5NO3. The largest absolute Gasteiger partial charge is 0.493 e. The Morgan fingerprint density at radius 3 is 2.14 bits per heavy atom. The second-order valence-corrected chi connectivity index (χ2v) is 4.10. The van der Waals surface area contributed by atoms with Crippen LogP contribution in [0.1, 0.15) is 18.5 Å². The van der Waals surface area contributed by atoms with Gasteiger partial charge in [-0.2, -0.15) is 22.0 Å². The Bertz CT molecular complexity index is 536. The molecule has 1 rings (SSSR count). The Labute approximate surface area is 128 Å². The number of alkyl halides is 5. The van der Waals surface area contributed by atoms with E-state index in [0.29, 0.717) is 0 Å². The molecule has 0 spiro atoms. The van der Waals surface area contributed by atoms with Crippen molar-refractivity contribution >= 4 is 18.4 Å². The predicted octanol–water partition coefficient (Wildman–Crippen LogP) is 3.24. The summed E-state index contributed by atoms with van der Waals surface area (Å²) in [5, 5.41) is 0. The van der Waals surface area contributed by atoms with E-state index in [1.54, 1.807) is 0 Å². The molecule has 0 saturated heterocycles. The molecule has 0 unspecified atom stereocenters. The van der Waals surface area contributed by atoms with Crippen LogP contribution in [-0.4, -0.2) is 25.2 Å². The van der Waals surface area contributed by atoms with Gasteiger partial charge in [-0.25, -0.2) is 0 Å². The fraction of sp³-hybridized carbons (Fsp3) is 0.417. The molecule has 2 N–H and O–H groups in total. The van der Waals surface area contributed by atoms with E-state index >= 15 is 0 Å². The average molecular weight is 350 g/mol. The molecular weight excluding hydrogens is 337 g/mol. The molecule has 4 nitrogen and oxygen atoms in total. The van der Waals surface area contributed by atoms with Crippen molar-refractivity contribution in [3.8, 4) is 11.5 Å². The summed E-state index contributed by atoms with van der Waals surface area (Å²) in [6.45, 7) is 1.09. The summed E-state index contributed by atoms with van der Waals surface area (Å²) >= 11 is 0. The summed E-state index contributed by atoms with van der Waals surface area (Å²) < 4.78 is 72.7. The molecule has 1 atom stereocenters. The van der Waals surface area contributed by atoms with Crippen molar-refractivity contribution in [2.75, 3.05) is 7.11 Å². The minimum absolute atomic E-state index is 0. The highest BCUT2D eigenvalue weighted by Gasteiger charge is 2.61. The van der Waals surface area contributed by atoms with Crippen LogP contribution in [0.5, 0.6) is 11.5 Å². The molecule has 10 heteroatoms. The zero-order chi connectivity index (χ0) is 16.4. The zero-order valence-corrected chi connectivity index (χ0v) is 12.2. The summed E-state index contributed by atoms with van der Waals surface area (Å²) in [6.07, 6.45) is -5.78. The molecule has 0 saturated carbocycles. The van der Waals surface area contributed by atoms with Gasteiger partial charge in [-0.05, 0) is 17.7 Å². The molecule has 0 radical (unpaired) electrons. The van der Waals surface area contributed by atoms with Gasteiger partial charge in [-0.15, -0.1) is 12.4 Å². The van der Waals surface area contributed by atoms with Crippen molar-refractivity contribution in [3.05, 3.63) is 23.8 Å². The average Bonchev–Trinajstić information content (AvgIpc) is 2.36. The van der Waals surface area contributed by atoms with Gasteiger partial charge in [0.1, 0.15) is 6.04 Å². The number of benzene rings is 1. The van der Waals surface area contributed by atoms with E-state index in [-0.39, 0.29) is 23.9 Å². The maximum atomic E-state index is 13.2. The number of carbonyl (C=O) groups is 1. The number of carbonyl (C=O) groups excluding carboxylic acids is 1. The van der Waals surface area contributed by atoms with Crippen LogP contribution in [-0.2, 0) is 4.79 Å². The Morgan fingerprint density at radius 2 is 1.73 bits per heavy atom. The molecule has 0 aliphatic rings. The van der Waals surface area contributed by atoms with E-state index in [9.17, 15) is 26.7 Å². The third-order valence-corrected chi connectivity index (χ3v) is 2.57. The molecule has 1 aromatic rings. The van der Waals surface area contributed by atoms with Crippen LogP contribution in [0.2, 0.25) is 0 Å². The minimum Gasteiger partial charge on any atom is -0.493 e. The second kappa shape index (κ2) is 7.10. The molecule has 0 aliphatic carbocycles. The first-order valence-corrected chi connectivity index (χ1v) is 5.57. The third kappa shape index (κ3) is 4.20. The molecule has 1 aromatic carbocycles. The molecule has 0 heterocycles. The van der Waals surface area contributed by atoms with E-state index in [4.69, 9.17) is 15.2 Å². The maximum absolute atomic E-state index is 13.2. The highest BCUT2D eigenvalue weighted by molar-refractivity contribution is 5.85. The van der Waals surface area contributed by atoms with E-state index in [0.717, 1.165) is 32.2 Å². The normalized spacial score (nSPS) is 13.1. The number of methoxy groups -OCH3 is 1. The van der Waals surface area contributed by atoms with E-state index in [1.165, 1.54) is 0 Å². The lowest BCUT2D eigenvalue weighted by Gasteiger charge is -2.26. The molecule has 0 fully saturated rings. The summed E-state index contributed by atoms with van der Waals surface area (Å²) in [5.74, 6) is -6.11. The van der Waals surface area contributed by atoms with Gasteiger partial charge >= 0.3 is 18.1 Å². The van der Waals surface area contributed by atoms with Crippen LogP contribution in [0.4, 0.5) is 22.0 Å². The van der Waals surface area contributed by atoms with Crippen LogP contribution in [0, 0.1) is 0 Å². The number of rotatable bonds is 4. The Kier molecular flexibility index (Phi) is 6.58. The fourth-order valence-electron chi connectivity index (χ4n) is 1.50. The topological polar surface area (TPSA) is 61.6 Å². The van der Waals surface area contributed by atoms with E-state index < -0.39 is 29.7 Å². The van der Waals surface area contributed by atoms with Crippen molar-refractivity contribution in [1.82, 2.24) is 0 Å². The van der Waals surface area contributed by atoms with Crippen molar-refractivity contribution in [3.63, 3.8) is 0 Å². The molecule has 0 aliphatic heterocycles. The van der Waals surface area contributed by atoms with Gasteiger partial charge in [0.2, 0.25) is 0 Å². The quantitative estimate of drug-likeness (QED) is 0.515. The van der Waals surface area contributed by atoms with Crippen molar-refractivity contribution in [2.45, 2.75) is 25.1 Å².